The first-order valence-electron chi connectivity index (χ1n) is 5.68. The molecule has 1 aliphatic heterocycles. The van der Waals surface area contributed by atoms with Crippen molar-refractivity contribution in [2.24, 2.45) is 10.7 Å². The van der Waals surface area contributed by atoms with Crippen LogP contribution in [0.1, 0.15) is 33.6 Å². The van der Waals surface area contributed by atoms with Crippen molar-refractivity contribution < 1.29 is 4.43 Å². The van der Waals surface area contributed by atoms with Gasteiger partial charge in [-0.3, -0.25) is 4.99 Å². The summed E-state index contributed by atoms with van der Waals surface area (Å²) < 4.78 is 6.10. The molecule has 0 spiro atoms. The Balaban J connectivity index is 2.43. The Morgan fingerprint density at radius 2 is 2.07 bits per heavy atom. The SMILES string of the molecule is CC(C)(C)[Si](C)(C)OC[C@@H]1CCC(N)=N1. The number of aliphatic imine (C=N–C) groups is 1. The average Bonchev–Trinajstić information content (AvgIpc) is 2.46. The van der Waals surface area contributed by atoms with E-state index < -0.39 is 8.32 Å². The third-order valence-corrected chi connectivity index (χ3v) is 8.03. The fourth-order valence-electron chi connectivity index (χ4n) is 1.32. The van der Waals surface area contributed by atoms with Gasteiger partial charge in [0.05, 0.1) is 18.5 Å². The summed E-state index contributed by atoms with van der Waals surface area (Å²) in [5.41, 5.74) is 5.66. The van der Waals surface area contributed by atoms with Crippen LogP contribution in [0.2, 0.25) is 18.1 Å². The van der Waals surface area contributed by atoms with Crippen LogP contribution < -0.4 is 5.73 Å². The number of hydrogen-bond donors (Lipinski definition) is 1. The number of nitrogens with two attached hydrogens (primary N) is 1. The fraction of sp³-hybridized carbons (Fsp3) is 0.909. The van der Waals surface area contributed by atoms with Crippen LogP contribution in [-0.4, -0.2) is 26.8 Å². The maximum Gasteiger partial charge on any atom is 0.192 e. The highest BCUT2D eigenvalue weighted by Gasteiger charge is 2.37. The van der Waals surface area contributed by atoms with Crippen LogP contribution >= 0.6 is 0 Å². The van der Waals surface area contributed by atoms with Crippen molar-refractivity contribution in [3.8, 4) is 0 Å². The molecule has 15 heavy (non-hydrogen) atoms. The topological polar surface area (TPSA) is 47.6 Å². The Morgan fingerprint density at radius 3 is 2.47 bits per heavy atom. The van der Waals surface area contributed by atoms with Gasteiger partial charge in [-0.15, -0.1) is 0 Å². The Morgan fingerprint density at radius 1 is 1.47 bits per heavy atom. The third kappa shape index (κ3) is 3.31. The predicted molar refractivity (Wildman–Crippen MR) is 67.8 cm³/mol. The number of hydrogen-bond acceptors (Lipinski definition) is 3. The largest absolute Gasteiger partial charge is 0.415 e. The highest BCUT2D eigenvalue weighted by molar-refractivity contribution is 6.74. The minimum absolute atomic E-state index is 0.279. The first-order chi connectivity index (χ1) is 6.72. The van der Waals surface area contributed by atoms with E-state index in [9.17, 15) is 0 Å². The minimum atomic E-state index is -1.60. The lowest BCUT2D eigenvalue weighted by Gasteiger charge is -2.36. The maximum absolute atomic E-state index is 6.10. The predicted octanol–water partition coefficient (Wildman–Crippen LogP) is 2.53. The monoisotopic (exact) mass is 228 g/mol. The zero-order valence-corrected chi connectivity index (χ0v) is 11.6. The molecule has 3 nitrogen and oxygen atoms in total. The number of amidine groups is 1. The molecule has 4 heteroatoms. The summed E-state index contributed by atoms with van der Waals surface area (Å²) in [5.74, 6) is 0.791. The summed E-state index contributed by atoms with van der Waals surface area (Å²) in [6.07, 6.45) is 1.99. The van der Waals surface area contributed by atoms with Gasteiger partial charge in [-0.25, -0.2) is 0 Å². The summed E-state index contributed by atoms with van der Waals surface area (Å²) in [7, 11) is -1.60. The first-order valence-corrected chi connectivity index (χ1v) is 8.59. The first kappa shape index (κ1) is 12.7. The van der Waals surface area contributed by atoms with Gasteiger partial charge in [0.15, 0.2) is 8.32 Å². The molecular weight excluding hydrogens is 204 g/mol. The maximum atomic E-state index is 6.10. The minimum Gasteiger partial charge on any atom is -0.415 e. The van der Waals surface area contributed by atoms with Gasteiger partial charge in [-0.1, -0.05) is 20.8 Å². The van der Waals surface area contributed by atoms with Gasteiger partial charge >= 0.3 is 0 Å². The van der Waals surface area contributed by atoms with Crippen molar-refractivity contribution >= 4 is 14.2 Å². The highest BCUT2D eigenvalue weighted by atomic mass is 28.4. The summed E-state index contributed by atoms with van der Waals surface area (Å²) in [6, 6.07) is 0.305. The second kappa shape index (κ2) is 4.26. The van der Waals surface area contributed by atoms with Gasteiger partial charge in [0.1, 0.15) is 0 Å². The Bertz CT molecular complexity index is 256. The van der Waals surface area contributed by atoms with Crippen LogP contribution in [0, 0.1) is 0 Å². The zero-order valence-electron chi connectivity index (χ0n) is 10.6. The van der Waals surface area contributed by atoms with Gasteiger partial charge in [0, 0.05) is 6.42 Å². The molecule has 1 heterocycles. The lowest BCUT2D eigenvalue weighted by Crippen LogP contribution is -2.42. The van der Waals surface area contributed by atoms with Gasteiger partial charge < -0.3 is 10.2 Å². The third-order valence-electron chi connectivity index (χ3n) is 3.52. The van der Waals surface area contributed by atoms with Crippen molar-refractivity contribution in [3.05, 3.63) is 0 Å². The van der Waals surface area contributed by atoms with Gasteiger partial charge in [0.25, 0.3) is 0 Å². The molecule has 0 aromatic rings. The van der Waals surface area contributed by atoms with Crippen molar-refractivity contribution in [1.29, 1.82) is 0 Å². The summed E-state index contributed by atoms with van der Waals surface area (Å²) in [4.78, 5) is 4.37. The van der Waals surface area contributed by atoms with E-state index in [1.807, 2.05) is 0 Å². The molecule has 0 aliphatic carbocycles. The molecule has 0 amide bonds. The molecule has 1 rings (SSSR count). The molecule has 1 atom stereocenters. The van der Waals surface area contributed by atoms with Crippen molar-refractivity contribution in [3.63, 3.8) is 0 Å². The van der Waals surface area contributed by atoms with E-state index >= 15 is 0 Å². The number of nitrogens with zero attached hydrogens (tertiary/aromatic N) is 1. The highest BCUT2D eigenvalue weighted by Crippen LogP contribution is 2.36. The summed E-state index contributed by atoms with van der Waals surface area (Å²) in [5, 5.41) is 0.279. The molecule has 0 aromatic carbocycles. The Labute approximate surface area is 94.2 Å². The molecule has 1 aliphatic rings. The van der Waals surface area contributed by atoms with E-state index in [0.717, 1.165) is 25.3 Å². The molecule has 0 aromatic heterocycles. The average molecular weight is 228 g/mol. The Kier molecular flexibility index (Phi) is 3.61. The number of rotatable bonds is 3. The van der Waals surface area contributed by atoms with Crippen LogP contribution in [0.5, 0.6) is 0 Å². The molecule has 0 saturated carbocycles. The second-order valence-corrected chi connectivity index (χ2v) is 10.7. The second-order valence-electron chi connectivity index (χ2n) is 5.88. The van der Waals surface area contributed by atoms with Crippen molar-refractivity contribution in [2.75, 3.05) is 6.61 Å². The molecule has 0 fully saturated rings. The van der Waals surface area contributed by atoms with Crippen LogP contribution in [0.4, 0.5) is 0 Å². The quantitative estimate of drug-likeness (QED) is 0.755. The van der Waals surface area contributed by atoms with E-state index in [1.54, 1.807) is 0 Å². The molecule has 0 unspecified atom stereocenters. The molecule has 0 radical (unpaired) electrons. The molecule has 0 bridgehead atoms. The van der Waals surface area contributed by atoms with E-state index in [1.165, 1.54) is 0 Å². The lowest BCUT2D eigenvalue weighted by molar-refractivity contribution is 0.263. The van der Waals surface area contributed by atoms with Gasteiger partial charge in [0.2, 0.25) is 0 Å². The van der Waals surface area contributed by atoms with Crippen LogP contribution in [-0.2, 0) is 4.43 Å². The van der Waals surface area contributed by atoms with E-state index in [2.05, 4.69) is 38.9 Å². The Hall–Kier alpha value is -0.353. The zero-order chi connectivity index (χ0) is 11.7. The van der Waals surface area contributed by atoms with Crippen molar-refractivity contribution in [1.82, 2.24) is 0 Å². The van der Waals surface area contributed by atoms with Crippen molar-refractivity contribution in [2.45, 2.75) is 57.8 Å². The lowest BCUT2D eigenvalue weighted by atomic mass is 10.2. The summed E-state index contributed by atoms with van der Waals surface area (Å²) in [6.45, 7) is 12.1. The van der Waals surface area contributed by atoms with E-state index in [4.69, 9.17) is 10.2 Å². The normalized spacial score (nSPS) is 23.0. The van der Waals surface area contributed by atoms with E-state index in [0.29, 0.717) is 6.04 Å². The molecular formula is C11H24N2OSi. The smallest absolute Gasteiger partial charge is 0.192 e. The van der Waals surface area contributed by atoms with Crippen LogP contribution in [0.3, 0.4) is 0 Å². The fourth-order valence-corrected chi connectivity index (χ4v) is 2.36. The van der Waals surface area contributed by atoms with Gasteiger partial charge in [-0.2, -0.15) is 0 Å². The molecule has 0 saturated heterocycles. The molecule has 88 valence electrons. The summed E-state index contributed by atoms with van der Waals surface area (Å²) >= 11 is 0. The van der Waals surface area contributed by atoms with Gasteiger partial charge in [-0.05, 0) is 24.6 Å². The standard InChI is InChI=1S/C11H24N2OSi/c1-11(2,3)15(4,5)14-8-9-6-7-10(12)13-9/h9H,6-8H2,1-5H3,(H2,12,13)/t9-/m0/s1. The van der Waals surface area contributed by atoms with Crippen LogP contribution in [0.25, 0.3) is 0 Å². The molecule has 2 N–H and O–H groups in total. The van der Waals surface area contributed by atoms with Crippen LogP contribution in [0.15, 0.2) is 4.99 Å². The van der Waals surface area contributed by atoms with E-state index in [-0.39, 0.29) is 5.04 Å².